The maximum Gasteiger partial charge on any atom is 0.227 e. The molecule has 1 aromatic carbocycles. The molecule has 0 spiro atoms. The molecule has 0 saturated heterocycles. The molecular formula is C12H16N2O. The van der Waals surface area contributed by atoms with Crippen molar-refractivity contribution in [1.29, 1.82) is 0 Å². The van der Waals surface area contributed by atoms with E-state index < -0.39 is 0 Å². The largest absolute Gasteiger partial charge is 0.326 e. The first kappa shape index (κ1) is 10.2. The number of carbonyl (C=O) groups excluding carboxylic acids is 1. The zero-order chi connectivity index (χ0) is 10.7. The molecule has 15 heavy (non-hydrogen) atoms. The van der Waals surface area contributed by atoms with Crippen molar-refractivity contribution in [3.05, 3.63) is 29.8 Å². The summed E-state index contributed by atoms with van der Waals surface area (Å²) in [6, 6.07) is 7.70. The van der Waals surface area contributed by atoms with Gasteiger partial charge in [0.1, 0.15) is 0 Å². The molecule has 3 heteroatoms. The lowest BCUT2D eigenvalue weighted by atomic mass is 9.85. The Balaban J connectivity index is 1.99. The highest BCUT2D eigenvalue weighted by Gasteiger charge is 2.24. The third kappa shape index (κ3) is 2.36. The van der Waals surface area contributed by atoms with Gasteiger partial charge in [-0.2, -0.15) is 0 Å². The Morgan fingerprint density at radius 3 is 2.87 bits per heavy atom. The van der Waals surface area contributed by atoms with Gasteiger partial charge in [0.05, 0.1) is 0 Å². The minimum Gasteiger partial charge on any atom is -0.326 e. The average Bonchev–Trinajstić information content (AvgIpc) is 2.15. The molecular weight excluding hydrogens is 188 g/mol. The maximum absolute atomic E-state index is 11.7. The van der Waals surface area contributed by atoms with Crippen molar-refractivity contribution >= 4 is 11.6 Å². The SMILES string of the molecule is NCc1cccc(NC(=O)C2CCC2)c1. The van der Waals surface area contributed by atoms with Gasteiger partial charge in [0.15, 0.2) is 0 Å². The minimum absolute atomic E-state index is 0.149. The van der Waals surface area contributed by atoms with Gasteiger partial charge in [-0.25, -0.2) is 0 Å². The molecule has 0 aromatic heterocycles. The number of hydrogen-bond donors (Lipinski definition) is 2. The van der Waals surface area contributed by atoms with Gasteiger partial charge in [-0.05, 0) is 30.5 Å². The number of amides is 1. The zero-order valence-electron chi connectivity index (χ0n) is 8.70. The van der Waals surface area contributed by atoms with Crippen LogP contribution in [0.4, 0.5) is 5.69 Å². The van der Waals surface area contributed by atoms with Crippen molar-refractivity contribution in [2.75, 3.05) is 5.32 Å². The van der Waals surface area contributed by atoms with Crippen LogP contribution < -0.4 is 11.1 Å². The number of nitrogens with two attached hydrogens (primary N) is 1. The van der Waals surface area contributed by atoms with Crippen molar-refractivity contribution in [3.63, 3.8) is 0 Å². The molecule has 0 bridgehead atoms. The monoisotopic (exact) mass is 204 g/mol. The lowest BCUT2D eigenvalue weighted by molar-refractivity contribution is -0.122. The first-order chi connectivity index (χ1) is 7.29. The number of nitrogens with one attached hydrogen (secondary N) is 1. The zero-order valence-corrected chi connectivity index (χ0v) is 8.70. The van der Waals surface area contributed by atoms with Crippen molar-refractivity contribution < 1.29 is 4.79 Å². The lowest BCUT2D eigenvalue weighted by Crippen LogP contribution is -2.28. The van der Waals surface area contributed by atoms with Gasteiger partial charge >= 0.3 is 0 Å². The molecule has 1 saturated carbocycles. The van der Waals surface area contributed by atoms with Crippen LogP contribution in [-0.2, 0) is 11.3 Å². The number of carbonyl (C=O) groups is 1. The van der Waals surface area contributed by atoms with Gasteiger partial charge in [-0.1, -0.05) is 18.6 Å². The van der Waals surface area contributed by atoms with Crippen LogP contribution >= 0.6 is 0 Å². The summed E-state index contributed by atoms with van der Waals surface area (Å²) in [5, 5.41) is 2.92. The number of benzene rings is 1. The molecule has 1 aliphatic carbocycles. The lowest BCUT2D eigenvalue weighted by Gasteiger charge is -2.24. The Morgan fingerprint density at radius 1 is 1.47 bits per heavy atom. The number of hydrogen-bond acceptors (Lipinski definition) is 2. The second-order valence-electron chi connectivity index (χ2n) is 4.02. The van der Waals surface area contributed by atoms with E-state index in [9.17, 15) is 4.79 Å². The highest BCUT2D eigenvalue weighted by Crippen LogP contribution is 2.27. The molecule has 1 aromatic rings. The Hall–Kier alpha value is -1.35. The molecule has 1 amide bonds. The van der Waals surface area contributed by atoms with Crippen LogP contribution in [0.5, 0.6) is 0 Å². The van der Waals surface area contributed by atoms with Crippen LogP contribution in [0, 0.1) is 5.92 Å². The van der Waals surface area contributed by atoms with E-state index in [-0.39, 0.29) is 11.8 Å². The summed E-state index contributed by atoms with van der Waals surface area (Å²) < 4.78 is 0. The molecule has 80 valence electrons. The van der Waals surface area contributed by atoms with Gasteiger partial charge in [-0.15, -0.1) is 0 Å². The van der Waals surface area contributed by atoms with Gasteiger partial charge < -0.3 is 11.1 Å². The molecule has 0 atom stereocenters. The van der Waals surface area contributed by atoms with Gasteiger partial charge in [0, 0.05) is 18.2 Å². The van der Waals surface area contributed by atoms with E-state index >= 15 is 0 Å². The molecule has 3 nitrogen and oxygen atoms in total. The van der Waals surface area contributed by atoms with Gasteiger partial charge in [0.2, 0.25) is 5.91 Å². The summed E-state index contributed by atoms with van der Waals surface area (Å²) in [7, 11) is 0. The Kier molecular flexibility index (Phi) is 3.02. The standard InChI is InChI=1S/C12H16N2O/c13-8-9-3-1-6-11(7-9)14-12(15)10-4-2-5-10/h1,3,6-7,10H,2,4-5,8,13H2,(H,14,15). The molecule has 1 aliphatic rings. The van der Waals surface area contributed by atoms with Crippen molar-refractivity contribution in [2.24, 2.45) is 11.7 Å². The number of rotatable bonds is 3. The second-order valence-corrected chi connectivity index (χ2v) is 4.02. The summed E-state index contributed by atoms with van der Waals surface area (Å²) in [6.45, 7) is 0.507. The molecule has 3 N–H and O–H groups in total. The quantitative estimate of drug-likeness (QED) is 0.789. The summed E-state index contributed by atoms with van der Waals surface area (Å²) in [6.07, 6.45) is 3.24. The van der Waals surface area contributed by atoms with Crippen molar-refractivity contribution in [3.8, 4) is 0 Å². The summed E-state index contributed by atoms with van der Waals surface area (Å²) in [4.78, 5) is 11.7. The van der Waals surface area contributed by atoms with Crippen LogP contribution in [0.1, 0.15) is 24.8 Å². The van der Waals surface area contributed by atoms with E-state index in [1.807, 2.05) is 24.3 Å². The van der Waals surface area contributed by atoms with Crippen LogP contribution in [0.15, 0.2) is 24.3 Å². The highest BCUT2D eigenvalue weighted by atomic mass is 16.1. The van der Waals surface area contributed by atoms with E-state index in [2.05, 4.69) is 5.32 Å². The molecule has 0 unspecified atom stereocenters. The fourth-order valence-corrected chi connectivity index (χ4v) is 1.69. The van der Waals surface area contributed by atoms with E-state index in [4.69, 9.17) is 5.73 Å². The van der Waals surface area contributed by atoms with E-state index in [1.165, 1.54) is 6.42 Å². The van der Waals surface area contributed by atoms with Crippen LogP contribution in [-0.4, -0.2) is 5.91 Å². The van der Waals surface area contributed by atoms with Crippen LogP contribution in [0.3, 0.4) is 0 Å². The van der Waals surface area contributed by atoms with E-state index in [0.29, 0.717) is 6.54 Å². The smallest absolute Gasteiger partial charge is 0.227 e. The first-order valence-electron chi connectivity index (χ1n) is 5.39. The van der Waals surface area contributed by atoms with Crippen molar-refractivity contribution in [1.82, 2.24) is 0 Å². The molecule has 0 heterocycles. The first-order valence-corrected chi connectivity index (χ1v) is 5.39. The third-order valence-electron chi connectivity index (χ3n) is 2.91. The molecule has 1 fully saturated rings. The Labute approximate surface area is 89.7 Å². The predicted molar refractivity (Wildman–Crippen MR) is 60.3 cm³/mol. The second kappa shape index (κ2) is 4.45. The van der Waals surface area contributed by atoms with Crippen LogP contribution in [0.2, 0.25) is 0 Å². The normalized spacial score (nSPS) is 15.8. The maximum atomic E-state index is 11.7. The summed E-state index contributed by atoms with van der Waals surface area (Å²) in [5.74, 6) is 0.377. The molecule has 0 aliphatic heterocycles. The fourth-order valence-electron chi connectivity index (χ4n) is 1.69. The fraction of sp³-hybridized carbons (Fsp3) is 0.417. The molecule has 2 rings (SSSR count). The predicted octanol–water partition coefficient (Wildman–Crippen LogP) is 1.88. The minimum atomic E-state index is 0.149. The average molecular weight is 204 g/mol. The number of anilines is 1. The van der Waals surface area contributed by atoms with E-state index in [1.54, 1.807) is 0 Å². The van der Waals surface area contributed by atoms with Gasteiger partial charge in [0.25, 0.3) is 0 Å². The Bertz CT molecular complexity index is 358. The Morgan fingerprint density at radius 2 is 2.27 bits per heavy atom. The third-order valence-corrected chi connectivity index (χ3v) is 2.91. The van der Waals surface area contributed by atoms with Crippen molar-refractivity contribution in [2.45, 2.75) is 25.8 Å². The molecule has 0 radical (unpaired) electrons. The van der Waals surface area contributed by atoms with E-state index in [0.717, 1.165) is 24.1 Å². The summed E-state index contributed by atoms with van der Waals surface area (Å²) >= 11 is 0. The summed E-state index contributed by atoms with van der Waals surface area (Å²) in [5.41, 5.74) is 7.43. The van der Waals surface area contributed by atoms with Gasteiger partial charge in [-0.3, -0.25) is 4.79 Å². The topological polar surface area (TPSA) is 55.1 Å². The highest BCUT2D eigenvalue weighted by molar-refractivity contribution is 5.93. The van der Waals surface area contributed by atoms with Crippen LogP contribution in [0.25, 0.3) is 0 Å².